The van der Waals surface area contributed by atoms with Gasteiger partial charge in [-0.1, -0.05) is 6.92 Å². The molecule has 78 valence electrons. The van der Waals surface area contributed by atoms with E-state index in [4.69, 9.17) is 4.74 Å². The fourth-order valence-corrected chi connectivity index (χ4v) is 1.07. The largest absolute Gasteiger partial charge is 0.489 e. The highest BCUT2D eigenvalue weighted by Crippen LogP contribution is 2.18. The summed E-state index contributed by atoms with van der Waals surface area (Å²) >= 11 is 1.63. The van der Waals surface area contributed by atoms with Crippen LogP contribution in [-0.4, -0.2) is 18.1 Å². The average Bonchev–Trinajstić information content (AvgIpc) is 2.16. The second-order valence-corrected chi connectivity index (χ2v) is 4.21. The number of benzene rings is 1. The van der Waals surface area contributed by atoms with Crippen LogP contribution in [-0.2, 0) is 0 Å². The number of ether oxygens (including phenoxy) is 1. The fraction of sp³-hybridized carbons (Fsp3) is 0.400. The van der Waals surface area contributed by atoms with E-state index in [-0.39, 0.29) is 5.75 Å². The van der Waals surface area contributed by atoms with E-state index in [0.717, 1.165) is 6.07 Å². The summed E-state index contributed by atoms with van der Waals surface area (Å²) in [6.07, 6.45) is 1.95. The van der Waals surface area contributed by atoms with E-state index >= 15 is 0 Å². The second kappa shape index (κ2) is 5.20. The molecule has 0 radical (unpaired) electrons. The van der Waals surface area contributed by atoms with Gasteiger partial charge >= 0.3 is 0 Å². The van der Waals surface area contributed by atoms with Gasteiger partial charge in [0, 0.05) is 11.3 Å². The SMILES string of the molecule is CSC(C)COc1ccc(F)cc1F. The number of hydrogen-bond acceptors (Lipinski definition) is 2. The maximum Gasteiger partial charge on any atom is 0.167 e. The van der Waals surface area contributed by atoms with Crippen molar-refractivity contribution in [2.45, 2.75) is 12.2 Å². The molecular formula is C10H12F2OS. The monoisotopic (exact) mass is 218 g/mol. The van der Waals surface area contributed by atoms with Gasteiger partial charge in [0.15, 0.2) is 11.6 Å². The standard InChI is InChI=1S/C10H12F2OS/c1-7(14-2)6-13-10-4-3-8(11)5-9(10)12/h3-5,7H,6H2,1-2H3. The predicted octanol–water partition coefficient (Wildman–Crippen LogP) is 3.10. The minimum absolute atomic E-state index is 0.104. The lowest BCUT2D eigenvalue weighted by atomic mass is 10.3. The molecule has 0 aliphatic heterocycles. The molecule has 0 fully saturated rings. The van der Waals surface area contributed by atoms with Gasteiger partial charge in [-0.2, -0.15) is 11.8 Å². The Morgan fingerprint density at radius 1 is 1.43 bits per heavy atom. The van der Waals surface area contributed by atoms with Gasteiger partial charge in [-0.3, -0.25) is 0 Å². The molecule has 0 saturated carbocycles. The summed E-state index contributed by atoms with van der Waals surface area (Å²) in [5.74, 6) is -1.14. The Hall–Kier alpha value is -0.770. The van der Waals surface area contributed by atoms with Crippen LogP contribution in [0.2, 0.25) is 0 Å². The Morgan fingerprint density at radius 3 is 2.71 bits per heavy atom. The van der Waals surface area contributed by atoms with Crippen LogP contribution in [0.1, 0.15) is 6.92 Å². The van der Waals surface area contributed by atoms with E-state index in [1.165, 1.54) is 12.1 Å². The summed E-state index contributed by atoms with van der Waals surface area (Å²) in [5.41, 5.74) is 0. The summed E-state index contributed by atoms with van der Waals surface area (Å²) in [6, 6.07) is 3.30. The lowest BCUT2D eigenvalue weighted by molar-refractivity contribution is 0.304. The van der Waals surface area contributed by atoms with Crippen LogP contribution in [0.5, 0.6) is 5.75 Å². The molecule has 0 N–H and O–H groups in total. The Morgan fingerprint density at radius 2 is 2.14 bits per heavy atom. The summed E-state index contributed by atoms with van der Waals surface area (Å²) in [6.45, 7) is 2.40. The Bertz CT molecular complexity index is 304. The molecule has 4 heteroatoms. The zero-order valence-corrected chi connectivity index (χ0v) is 8.91. The first kappa shape index (κ1) is 11.3. The molecule has 1 atom stereocenters. The van der Waals surface area contributed by atoms with E-state index in [0.29, 0.717) is 11.9 Å². The predicted molar refractivity (Wildman–Crippen MR) is 54.8 cm³/mol. The molecule has 0 amide bonds. The summed E-state index contributed by atoms with van der Waals surface area (Å²) < 4.78 is 30.7. The molecule has 0 aliphatic rings. The summed E-state index contributed by atoms with van der Waals surface area (Å²) in [5, 5.41) is 0.291. The van der Waals surface area contributed by atoms with Gasteiger partial charge in [0.25, 0.3) is 0 Å². The lowest BCUT2D eigenvalue weighted by Gasteiger charge is -2.10. The Kier molecular flexibility index (Phi) is 4.20. The second-order valence-electron chi connectivity index (χ2n) is 2.93. The molecule has 0 spiro atoms. The van der Waals surface area contributed by atoms with Crippen LogP contribution in [0, 0.1) is 11.6 Å². The van der Waals surface area contributed by atoms with E-state index in [2.05, 4.69) is 0 Å². The average molecular weight is 218 g/mol. The van der Waals surface area contributed by atoms with Crippen molar-refractivity contribution in [3.8, 4) is 5.75 Å². The molecule has 0 aromatic heterocycles. The maximum atomic E-state index is 13.0. The first-order chi connectivity index (χ1) is 6.63. The highest BCUT2D eigenvalue weighted by molar-refractivity contribution is 7.99. The van der Waals surface area contributed by atoms with Crippen molar-refractivity contribution in [1.82, 2.24) is 0 Å². The van der Waals surface area contributed by atoms with Crippen molar-refractivity contribution in [3.05, 3.63) is 29.8 Å². The zero-order chi connectivity index (χ0) is 10.6. The third-order valence-corrected chi connectivity index (χ3v) is 2.71. The first-order valence-corrected chi connectivity index (χ1v) is 5.53. The van der Waals surface area contributed by atoms with E-state index in [1.54, 1.807) is 11.8 Å². The molecule has 0 aliphatic carbocycles. The van der Waals surface area contributed by atoms with Crippen molar-refractivity contribution in [3.63, 3.8) is 0 Å². The first-order valence-electron chi connectivity index (χ1n) is 4.24. The van der Waals surface area contributed by atoms with Crippen LogP contribution >= 0.6 is 11.8 Å². The topological polar surface area (TPSA) is 9.23 Å². The zero-order valence-electron chi connectivity index (χ0n) is 8.09. The number of rotatable bonds is 4. The third-order valence-electron chi connectivity index (χ3n) is 1.77. The third kappa shape index (κ3) is 3.18. The van der Waals surface area contributed by atoms with Gasteiger partial charge in [-0.25, -0.2) is 8.78 Å². The highest BCUT2D eigenvalue weighted by Gasteiger charge is 2.06. The minimum Gasteiger partial charge on any atom is -0.489 e. The van der Waals surface area contributed by atoms with Gasteiger partial charge in [0.1, 0.15) is 5.82 Å². The van der Waals surface area contributed by atoms with Gasteiger partial charge < -0.3 is 4.74 Å². The van der Waals surface area contributed by atoms with Crippen LogP contribution < -0.4 is 4.74 Å². The number of hydrogen-bond donors (Lipinski definition) is 0. The number of halogens is 2. The molecule has 1 aromatic carbocycles. The van der Waals surface area contributed by atoms with Crippen LogP contribution in [0.4, 0.5) is 8.78 Å². The van der Waals surface area contributed by atoms with E-state index in [9.17, 15) is 8.78 Å². The fourth-order valence-electron chi connectivity index (χ4n) is 0.867. The molecule has 1 nitrogen and oxygen atoms in total. The van der Waals surface area contributed by atoms with Crippen molar-refractivity contribution >= 4 is 11.8 Å². The maximum absolute atomic E-state index is 13.0. The van der Waals surface area contributed by atoms with E-state index < -0.39 is 11.6 Å². The Balaban J connectivity index is 2.59. The van der Waals surface area contributed by atoms with Crippen LogP contribution in [0.25, 0.3) is 0 Å². The summed E-state index contributed by atoms with van der Waals surface area (Å²) in [4.78, 5) is 0. The Labute approximate surface area is 86.5 Å². The van der Waals surface area contributed by atoms with Gasteiger partial charge in [0.2, 0.25) is 0 Å². The summed E-state index contributed by atoms with van der Waals surface area (Å²) in [7, 11) is 0. The van der Waals surface area contributed by atoms with Crippen LogP contribution in [0.15, 0.2) is 18.2 Å². The van der Waals surface area contributed by atoms with Crippen molar-refractivity contribution < 1.29 is 13.5 Å². The number of thioether (sulfide) groups is 1. The molecule has 0 bridgehead atoms. The molecule has 0 saturated heterocycles. The quantitative estimate of drug-likeness (QED) is 0.768. The van der Waals surface area contributed by atoms with Gasteiger partial charge in [-0.15, -0.1) is 0 Å². The van der Waals surface area contributed by atoms with Gasteiger partial charge in [0.05, 0.1) is 6.61 Å². The molecule has 1 rings (SSSR count). The van der Waals surface area contributed by atoms with Crippen molar-refractivity contribution in [2.24, 2.45) is 0 Å². The molecule has 0 heterocycles. The molecular weight excluding hydrogens is 206 g/mol. The van der Waals surface area contributed by atoms with Crippen LogP contribution in [0.3, 0.4) is 0 Å². The minimum atomic E-state index is -0.654. The van der Waals surface area contributed by atoms with Crippen molar-refractivity contribution in [2.75, 3.05) is 12.9 Å². The van der Waals surface area contributed by atoms with Gasteiger partial charge in [-0.05, 0) is 18.4 Å². The highest BCUT2D eigenvalue weighted by atomic mass is 32.2. The smallest absolute Gasteiger partial charge is 0.167 e. The molecule has 1 unspecified atom stereocenters. The van der Waals surface area contributed by atoms with E-state index in [1.807, 2.05) is 13.2 Å². The van der Waals surface area contributed by atoms with Crippen molar-refractivity contribution in [1.29, 1.82) is 0 Å². The molecule has 14 heavy (non-hydrogen) atoms. The molecule has 1 aromatic rings. The normalized spacial score (nSPS) is 12.6. The lowest BCUT2D eigenvalue weighted by Crippen LogP contribution is -2.10.